The molecule has 24 heavy (non-hydrogen) atoms. The van der Waals surface area contributed by atoms with Crippen LogP contribution in [-0.4, -0.2) is 23.9 Å². The van der Waals surface area contributed by atoms with E-state index in [0.717, 1.165) is 42.4 Å². The van der Waals surface area contributed by atoms with E-state index in [9.17, 15) is 5.11 Å². The van der Waals surface area contributed by atoms with Gasteiger partial charge < -0.3 is 9.84 Å². The van der Waals surface area contributed by atoms with Gasteiger partial charge in [0.15, 0.2) is 0 Å². The first-order chi connectivity index (χ1) is 11.2. The Kier molecular flexibility index (Phi) is 3.94. The van der Waals surface area contributed by atoms with Gasteiger partial charge in [0.05, 0.1) is 11.7 Å². The predicted octanol–water partition coefficient (Wildman–Crippen LogP) is 5.04. The van der Waals surface area contributed by atoms with E-state index in [0.29, 0.717) is 16.9 Å². The number of aliphatic hydroxyl groups is 1. The van der Waals surface area contributed by atoms with Crippen LogP contribution in [0.3, 0.4) is 0 Å². The molecule has 0 aliphatic heterocycles. The maximum atomic E-state index is 10.7. The molecule has 4 aliphatic carbocycles. The van der Waals surface area contributed by atoms with Crippen molar-refractivity contribution in [3.8, 4) is 0 Å². The topological polar surface area (TPSA) is 29.5 Å². The molecule has 4 fully saturated rings. The van der Waals surface area contributed by atoms with Crippen molar-refractivity contribution in [2.24, 2.45) is 40.4 Å². The van der Waals surface area contributed by atoms with E-state index in [4.69, 9.17) is 4.74 Å². The van der Waals surface area contributed by atoms with E-state index in [1.165, 1.54) is 38.5 Å². The van der Waals surface area contributed by atoms with Gasteiger partial charge in [0.25, 0.3) is 0 Å². The second kappa shape index (κ2) is 5.46. The van der Waals surface area contributed by atoms with Gasteiger partial charge in [-0.05, 0) is 98.7 Å². The molecule has 0 radical (unpaired) electrons. The van der Waals surface area contributed by atoms with Gasteiger partial charge in [0.2, 0.25) is 0 Å². The Balaban J connectivity index is 1.65. The molecule has 0 spiro atoms. The first-order valence-corrected chi connectivity index (χ1v) is 10.5. The standard InChI is InChI=1S/C22H38O2/c1-14-12-15-13-20(2,23)10-11-21(15,3)17-8-9-22(4)16(19(14)17)6-7-18(22)24-5/h14-19,23H,6-13H2,1-5H3/t14-,15-,16-,17-,18-,19-,20+,21-,22-/m0/s1. The van der Waals surface area contributed by atoms with Gasteiger partial charge in [-0.25, -0.2) is 0 Å². The Morgan fingerprint density at radius 1 is 0.917 bits per heavy atom. The van der Waals surface area contributed by atoms with E-state index in [1.807, 2.05) is 7.11 Å². The van der Waals surface area contributed by atoms with Gasteiger partial charge in [0, 0.05) is 7.11 Å². The molecule has 0 bridgehead atoms. The number of ether oxygens (including phenoxy) is 1. The van der Waals surface area contributed by atoms with E-state index in [-0.39, 0.29) is 0 Å². The highest BCUT2D eigenvalue weighted by Gasteiger charge is 2.62. The lowest BCUT2D eigenvalue weighted by Crippen LogP contribution is -2.58. The third kappa shape index (κ3) is 2.28. The summed E-state index contributed by atoms with van der Waals surface area (Å²) in [4.78, 5) is 0. The Bertz CT molecular complexity index is 500. The SMILES string of the molecule is CO[C@H]1CC[C@H]2[C@@H]3[C@@H](C)C[C@H]4C[C@](C)(O)CC[C@]4(C)[C@H]3CC[C@]12C. The fraction of sp³-hybridized carbons (Fsp3) is 1.00. The molecule has 138 valence electrons. The van der Waals surface area contributed by atoms with E-state index in [1.54, 1.807) is 0 Å². The van der Waals surface area contributed by atoms with Crippen LogP contribution >= 0.6 is 0 Å². The molecular formula is C22H38O2. The zero-order valence-electron chi connectivity index (χ0n) is 16.5. The smallest absolute Gasteiger partial charge is 0.0627 e. The quantitative estimate of drug-likeness (QED) is 0.728. The van der Waals surface area contributed by atoms with Gasteiger partial charge in [-0.15, -0.1) is 0 Å². The van der Waals surface area contributed by atoms with Crippen LogP contribution in [0.25, 0.3) is 0 Å². The molecule has 4 rings (SSSR count). The van der Waals surface area contributed by atoms with Crippen molar-refractivity contribution in [1.29, 1.82) is 0 Å². The third-order valence-electron chi connectivity index (χ3n) is 9.51. The fourth-order valence-electron chi connectivity index (χ4n) is 8.15. The van der Waals surface area contributed by atoms with Crippen LogP contribution in [0, 0.1) is 40.4 Å². The van der Waals surface area contributed by atoms with Crippen molar-refractivity contribution in [1.82, 2.24) is 0 Å². The summed E-state index contributed by atoms with van der Waals surface area (Å²) in [5, 5.41) is 10.7. The molecule has 0 saturated heterocycles. The molecule has 9 atom stereocenters. The van der Waals surface area contributed by atoms with Crippen molar-refractivity contribution in [2.75, 3.05) is 7.11 Å². The molecule has 2 heteroatoms. The molecule has 4 aliphatic rings. The van der Waals surface area contributed by atoms with Gasteiger partial charge in [-0.3, -0.25) is 0 Å². The van der Waals surface area contributed by atoms with Crippen LogP contribution in [0.15, 0.2) is 0 Å². The Morgan fingerprint density at radius 3 is 2.33 bits per heavy atom. The van der Waals surface area contributed by atoms with E-state index < -0.39 is 5.60 Å². The summed E-state index contributed by atoms with van der Waals surface area (Å²) in [5.74, 6) is 4.14. The van der Waals surface area contributed by atoms with Crippen LogP contribution in [0.5, 0.6) is 0 Å². The highest BCUT2D eigenvalue weighted by atomic mass is 16.5. The maximum absolute atomic E-state index is 10.7. The average Bonchev–Trinajstić information content (AvgIpc) is 2.85. The lowest BCUT2D eigenvalue weighted by molar-refractivity contribution is -0.170. The average molecular weight is 335 g/mol. The molecule has 2 nitrogen and oxygen atoms in total. The molecule has 0 heterocycles. The first kappa shape index (κ1) is 17.3. The summed E-state index contributed by atoms with van der Waals surface area (Å²) in [7, 11) is 1.93. The Morgan fingerprint density at radius 2 is 1.62 bits per heavy atom. The third-order valence-corrected chi connectivity index (χ3v) is 9.51. The summed E-state index contributed by atoms with van der Waals surface area (Å²) in [6.45, 7) is 9.71. The molecule has 0 aromatic heterocycles. The Labute approximate surface area is 148 Å². The van der Waals surface area contributed by atoms with E-state index >= 15 is 0 Å². The molecule has 0 amide bonds. The second-order valence-corrected chi connectivity index (χ2v) is 10.8. The lowest BCUT2D eigenvalue weighted by atomic mass is 9.42. The summed E-state index contributed by atoms with van der Waals surface area (Å²) in [5.41, 5.74) is 0.452. The predicted molar refractivity (Wildman–Crippen MR) is 97.7 cm³/mol. The monoisotopic (exact) mass is 334 g/mol. The minimum Gasteiger partial charge on any atom is -0.390 e. The largest absolute Gasteiger partial charge is 0.390 e. The van der Waals surface area contributed by atoms with Crippen LogP contribution in [0.1, 0.15) is 79.1 Å². The molecule has 0 aromatic rings. The lowest BCUT2D eigenvalue weighted by Gasteiger charge is -2.63. The normalized spacial score (nSPS) is 60.2. The summed E-state index contributed by atoms with van der Waals surface area (Å²) in [6, 6.07) is 0. The van der Waals surface area contributed by atoms with Crippen molar-refractivity contribution in [3.63, 3.8) is 0 Å². The molecule has 0 aromatic carbocycles. The van der Waals surface area contributed by atoms with Crippen LogP contribution < -0.4 is 0 Å². The van der Waals surface area contributed by atoms with Gasteiger partial charge in [-0.2, -0.15) is 0 Å². The Hall–Kier alpha value is -0.0800. The number of rotatable bonds is 1. The summed E-state index contributed by atoms with van der Waals surface area (Å²) < 4.78 is 5.92. The number of hydrogen-bond donors (Lipinski definition) is 1. The summed E-state index contributed by atoms with van der Waals surface area (Å²) in [6.07, 6.45) is 10.4. The molecule has 1 N–H and O–H groups in total. The number of hydrogen-bond acceptors (Lipinski definition) is 2. The van der Waals surface area contributed by atoms with Crippen LogP contribution in [-0.2, 0) is 4.74 Å². The van der Waals surface area contributed by atoms with Crippen LogP contribution in [0.4, 0.5) is 0 Å². The molecule has 4 saturated carbocycles. The summed E-state index contributed by atoms with van der Waals surface area (Å²) >= 11 is 0. The highest BCUT2D eigenvalue weighted by Crippen LogP contribution is 2.68. The van der Waals surface area contributed by atoms with Gasteiger partial charge in [0.1, 0.15) is 0 Å². The molecular weight excluding hydrogens is 296 g/mol. The van der Waals surface area contributed by atoms with Crippen molar-refractivity contribution in [2.45, 2.75) is 90.8 Å². The van der Waals surface area contributed by atoms with Gasteiger partial charge >= 0.3 is 0 Å². The van der Waals surface area contributed by atoms with Crippen LogP contribution in [0.2, 0.25) is 0 Å². The van der Waals surface area contributed by atoms with Crippen molar-refractivity contribution in [3.05, 3.63) is 0 Å². The number of methoxy groups -OCH3 is 1. The zero-order valence-corrected chi connectivity index (χ0v) is 16.5. The fourth-order valence-corrected chi connectivity index (χ4v) is 8.15. The van der Waals surface area contributed by atoms with Gasteiger partial charge in [-0.1, -0.05) is 20.8 Å². The zero-order chi connectivity index (χ0) is 17.3. The van der Waals surface area contributed by atoms with E-state index in [2.05, 4.69) is 27.7 Å². The maximum Gasteiger partial charge on any atom is 0.0627 e. The minimum atomic E-state index is -0.422. The highest BCUT2D eigenvalue weighted by molar-refractivity contribution is 5.11. The van der Waals surface area contributed by atoms with Crippen molar-refractivity contribution < 1.29 is 9.84 Å². The number of fused-ring (bicyclic) bond motifs is 5. The van der Waals surface area contributed by atoms with Crippen molar-refractivity contribution >= 4 is 0 Å². The molecule has 0 unspecified atom stereocenters. The first-order valence-electron chi connectivity index (χ1n) is 10.5. The second-order valence-electron chi connectivity index (χ2n) is 10.8. The minimum absolute atomic E-state index is 0.410.